The summed E-state index contributed by atoms with van der Waals surface area (Å²) < 4.78 is 41.0. The molecule has 0 spiro atoms. The third-order valence-corrected chi connectivity index (χ3v) is 5.80. The van der Waals surface area contributed by atoms with Crippen LogP contribution in [0, 0.1) is 5.92 Å². The molecule has 0 fully saturated rings. The van der Waals surface area contributed by atoms with Crippen LogP contribution in [-0.4, -0.2) is 26.4 Å². The van der Waals surface area contributed by atoms with Crippen LogP contribution in [0.1, 0.15) is 19.4 Å². The van der Waals surface area contributed by atoms with Gasteiger partial charge in [0.2, 0.25) is 5.91 Å². The number of halogens is 5. The van der Waals surface area contributed by atoms with Crippen molar-refractivity contribution >= 4 is 46.6 Å². The molecular weight excluding hydrogens is 484 g/mol. The summed E-state index contributed by atoms with van der Waals surface area (Å²) in [4.78, 5) is 12.4. The zero-order chi connectivity index (χ0) is 23.5. The molecule has 5 nitrogen and oxygen atoms in total. The first-order valence-corrected chi connectivity index (χ1v) is 11.3. The van der Waals surface area contributed by atoms with E-state index in [2.05, 4.69) is 15.5 Å². The molecule has 3 rings (SSSR count). The zero-order valence-corrected chi connectivity index (χ0v) is 19.4. The SMILES string of the molecule is CC(C)Cn1c(SCC(=O)Nc2ccc(Cl)c(C(F)(F)F)c2)nnc1-c1ccc(Cl)cc1. The van der Waals surface area contributed by atoms with Gasteiger partial charge >= 0.3 is 6.18 Å². The number of nitrogens with zero attached hydrogens (tertiary/aromatic N) is 3. The number of aromatic nitrogens is 3. The maximum atomic E-state index is 13.0. The number of thioether (sulfide) groups is 1. The van der Waals surface area contributed by atoms with Crippen molar-refractivity contribution in [3.63, 3.8) is 0 Å². The van der Waals surface area contributed by atoms with Crippen LogP contribution in [0.3, 0.4) is 0 Å². The fraction of sp³-hybridized carbons (Fsp3) is 0.286. The van der Waals surface area contributed by atoms with Gasteiger partial charge in [0, 0.05) is 22.8 Å². The van der Waals surface area contributed by atoms with E-state index in [1.165, 1.54) is 6.07 Å². The van der Waals surface area contributed by atoms with Gasteiger partial charge in [0.25, 0.3) is 0 Å². The highest BCUT2D eigenvalue weighted by atomic mass is 35.5. The first-order valence-electron chi connectivity index (χ1n) is 9.53. The Bertz CT molecular complexity index is 1100. The second-order valence-corrected chi connectivity index (χ2v) is 9.13. The molecule has 0 aliphatic carbocycles. The first-order chi connectivity index (χ1) is 15.0. The molecule has 0 aliphatic heterocycles. The Morgan fingerprint density at radius 3 is 2.44 bits per heavy atom. The Kier molecular flexibility index (Phi) is 7.74. The minimum absolute atomic E-state index is 0.0119. The van der Waals surface area contributed by atoms with Crippen LogP contribution >= 0.6 is 35.0 Å². The summed E-state index contributed by atoms with van der Waals surface area (Å²) in [6.07, 6.45) is -4.61. The predicted molar refractivity (Wildman–Crippen MR) is 121 cm³/mol. The third kappa shape index (κ3) is 6.17. The molecule has 1 aromatic heterocycles. The average Bonchev–Trinajstić information content (AvgIpc) is 3.09. The summed E-state index contributed by atoms with van der Waals surface area (Å²) in [5.41, 5.74) is -0.161. The van der Waals surface area contributed by atoms with E-state index < -0.39 is 22.7 Å². The Hall–Kier alpha value is -2.23. The van der Waals surface area contributed by atoms with Gasteiger partial charge in [-0.15, -0.1) is 10.2 Å². The molecule has 0 radical (unpaired) electrons. The molecule has 0 atom stereocenters. The van der Waals surface area contributed by atoms with E-state index in [1.807, 2.05) is 30.5 Å². The second kappa shape index (κ2) is 10.1. The zero-order valence-electron chi connectivity index (χ0n) is 17.1. The Morgan fingerprint density at radius 2 is 1.81 bits per heavy atom. The Balaban J connectivity index is 1.74. The van der Waals surface area contributed by atoms with Crippen molar-refractivity contribution in [1.29, 1.82) is 0 Å². The van der Waals surface area contributed by atoms with Gasteiger partial charge in [-0.1, -0.05) is 48.8 Å². The van der Waals surface area contributed by atoms with E-state index in [1.54, 1.807) is 12.1 Å². The molecule has 1 N–H and O–H groups in total. The molecule has 0 saturated heterocycles. The van der Waals surface area contributed by atoms with Gasteiger partial charge in [0.05, 0.1) is 16.3 Å². The average molecular weight is 503 g/mol. The monoisotopic (exact) mass is 502 g/mol. The summed E-state index contributed by atoms with van der Waals surface area (Å²) in [7, 11) is 0. The highest BCUT2D eigenvalue weighted by Gasteiger charge is 2.33. The fourth-order valence-electron chi connectivity index (χ4n) is 2.89. The predicted octanol–water partition coefficient (Wildman–Crippen LogP) is 6.66. The first kappa shape index (κ1) is 24.4. The normalized spacial score (nSPS) is 11.8. The summed E-state index contributed by atoms with van der Waals surface area (Å²) in [5.74, 6) is 0.407. The van der Waals surface area contributed by atoms with Crippen LogP contribution < -0.4 is 5.32 Å². The minimum atomic E-state index is -4.61. The summed E-state index contributed by atoms with van der Waals surface area (Å²) >= 11 is 12.7. The van der Waals surface area contributed by atoms with E-state index in [4.69, 9.17) is 23.2 Å². The number of alkyl halides is 3. The molecule has 32 heavy (non-hydrogen) atoms. The van der Waals surface area contributed by atoms with E-state index in [-0.39, 0.29) is 11.4 Å². The molecule has 170 valence electrons. The van der Waals surface area contributed by atoms with Crippen LogP contribution in [0.5, 0.6) is 0 Å². The lowest BCUT2D eigenvalue weighted by Crippen LogP contribution is -2.16. The van der Waals surface area contributed by atoms with E-state index in [9.17, 15) is 18.0 Å². The largest absolute Gasteiger partial charge is 0.417 e. The minimum Gasteiger partial charge on any atom is -0.325 e. The molecule has 0 bridgehead atoms. The molecule has 11 heteroatoms. The second-order valence-electron chi connectivity index (χ2n) is 7.35. The van der Waals surface area contributed by atoms with Crippen molar-refractivity contribution in [2.24, 2.45) is 5.92 Å². The van der Waals surface area contributed by atoms with Crippen molar-refractivity contribution in [1.82, 2.24) is 14.8 Å². The smallest absolute Gasteiger partial charge is 0.325 e. The van der Waals surface area contributed by atoms with E-state index >= 15 is 0 Å². The van der Waals surface area contributed by atoms with Crippen LogP contribution in [0.25, 0.3) is 11.4 Å². The number of hydrogen-bond acceptors (Lipinski definition) is 4. The molecule has 0 unspecified atom stereocenters. The topological polar surface area (TPSA) is 59.8 Å². The number of rotatable bonds is 7. The maximum Gasteiger partial charge on any atom is 0.417 e. The highest BCUT2D eigenvalue weighted by molar-refractivity contribution is 7.99. The Morgan fingerprint density at radius 1 is 1.12 bits per heavy atom. The van der Waals surface area contributed by atoms with Crippen molar-refractivity contribution < 1.29 is 18.0 Å². The summed E-state index contributed by atoms with van der Waals surface area (Å²) in [5, 5.41) is 11.6. The van der Waals surface area contributed by atoms with Gasteiger partial charge < -0.3 is 9.88 Å². The van der Waals surface area contributed by atoms with Gasteiger partial charge in [-0.25, -0.2) is 0 Å². The number of nitrogens with one attached hydrogen (secondary N) is 1. The number of hydrogen-bond donors (Lipinski definition) is 1. The van der Waals surface area contributed by atoms with Crippen LogP contribution in [0.2, 0.25) is 10.0 Å². The number of anilines is 1. The van der Waals surface area contributed by atoms with Crippen LogP contribution in [0.4, 0.5) is 18.9 Å². The lowest BCUT2D eigenvalue weighted by Gasteiger charge is -2.13. The van der Waals surface area contributed by atoms with Crippen LogP contribution in [0.15, 0.2) is 47.6 Å². The van der Waals surface area contributed by atoms with Gasteiger partial charge in [0.1, 0.15) is 0 Å². The van der Waals surface area contributed by atoms with Gasteiger partial charge in [0.15, 0.2) is 11.0 Å². The maximum absolute atomic E-state index is 13.0. The molecule has 0 aliphatic rings. The molecule has 1 heterocycles. The van der Waals surface area contributed by atoms with Crippen molar-refractivity contribution in [2.75, 3.05) is 11.1 Å². The summed E-state index contributed by atoms with van der Waals surface area (Å²) in [6.45, 7) is 4.72. The quantitative estimate of drug-likeness (QED) is 0.367. The van der Waals surface area contributed by atoms with Crippen molar-refractivity contribution in [3.8, 4) is 11.4 Å². The van der Waals surface area contributed by atoms with Gasteiger partial charge in [-0.3, -0.25) is 4.79 Å². The number of amides is 1. The molecule has 1 amide bonds. The van der Waals surface area contributed by atoms with E-state index in [0.29, 0.717) is 28.5 Å². The van der Waals surface area contributed by atoms with E-state index in [0.717, 1.165) is 29.5 Å². The standard InChI is InChI=1S/C21H19Cl2F3N4OS/c1-12(2)10-30-19(13-3-5-14(22)6-4-13)28-29-20(30)32-11-18(31)27-15-7-8-17(23)16(9-15)21(24,25)26/h3-9,12H,10-11H2,1-2H3,(H,27,31). The number of carbonyl (C=O) groups is 1. The number of carbonyl (C=O) groups excluding carboxylic acids is 1. The van der Waals surface area contributed by atoms with Crippen molar-refractivity contribution in [3.05, 3.63) is 58.1 Å². The third-order valence-electron chi connectivity index (χ3n) is 4.25. The Labute approximate surface area is 197 Å². The summed E-state index contributed by atoms with van der Waals surface area (Å²) in [6, 6.07) is 10.4. The molecule has 2 aromatic carbocycles. The lowest BCUT2D eigenvalue weighted by molar-refractivity contribution is -0.137. The lowest BCUT2D eigenvalue weighted by atomic mass is 10.2. The van der Waals surface area contributed by atoms with Gasteiger partial charge in [-0.05, 0) is 48.4 Å². The molecule has 3 aromatic rings. The fourth-order valence-corrected chi connectivity index (χ4v) is 3.98. The molecular formula is C21H19Cl2F3N4OS. The highest BCUT2D eigenvalue weighted by Crippen LogP contribution is 2.36. The number of benzene rings is 2. The van der Waals surface area contributed by atoms with Crippen LogP contribution in [-0.2, 0) is 17.5 Å². The van der Waals surface area contributed by atoms with Gasteiger partial charge in [-0.2, -0.15) is 13.2 Å². The molecule has 0 saturated carbocycles. The van der Waals surface area contributed by atoms with Crippen molar-refractivity contribution in [2.45, 2.75) is 31.7 Å².